The molecular weight excluding hydrogens is 288 g/mol. The highest BCUT2D eigenvalue weighted by atomic mass is 16.5. The Balaban J connectivity index is 2.09. The van der Waals surface area contributed by atoms with Crippen LogP contribution in [-0.4, -0.2) is 40.1 Å². The van der Waals surface area contributed by atoms with Gasteiger partial charge in [-0.3, -0.25) is 0 Å². The van der Waals surface area contributed by atoms with Gasteiger partial charge >= 0.3 is 5.97 Å². The second-order valence-electron chi connectivity index (χ2n) is 4.60. The van der Waals surface area contributed by atoms with Crippen molar-refractivity contribution in [2.24, 2.45) is 0 Å². The summed E-state index contributed by atoms with van der Waals surface area (Å²) < 4.78 is 12.1. The first-order chi connectivity index (χ1) is 10.6. The van der Waals surface area contributed by atoms with E-state index in [1.807, 2.05) is 6.07 Å². The number of benzene rings is 1. The van der Waals surface area contributed by atoms with Crippen LogP contribution in [-0.2, 0) is 4.79 Å². The predicted octanol–water partition coefficient (Wildman–Crippen LogP) is 1.28. The Kier molecular flexibility index (Phi) is 3.42. The van der Waals surface area contributed by atoms with E-state index in [9.17, 15) is 9.90 Å². The van der Waals surface area contributed by atoms with Gasteiger partial charge in [-0.2, -0.15) is 10.1 Å². The van der Waals surface area contributed by atoms with E-state index in [0.29, 0.717) is 17.4 Å². The molecule has 0 fully saturated rings. The van der Waals surface area contributed by atoms with Crippen molar-refractivity contribution in [1.82, 2.24) is 14.8 Å². The minimum absolute atomic E-state index is 0.0558. The molecule has 2 aromatic rings. The van der Waals surface area contributed by atoms with Gasteiger partial charge in [-0.25, -0.2) is 9.48 Å². The van der Waals surface area contributed by atoms with Crippen molar-refractivity contribution in [3.8, 4) is 11.5 Å². The molecule has 1 atom stereocenters. The first kappa shape index (κ1) is 13.9. The summed E-state index contributed by atoms with van der Waals surface area (Å²) in [5.74, 6) is 0.478. The molecule has 2 heterocycles. The van der Waals surface area contributed by atoms with Crippen molar-refractivity contribution >= 4 is 11.9 Å². The topological polar surface area (TPSA) is 98.5 Å². The number of fused-ring (bicyclic) bond motifs is 1. The van der Waals surface area contributed by atoms with Crippen LogP contribution < -0.4 is 14.8 Å². The number of allylic oxidation sites excluding steroid dienone is 1. The van der Waals surface area contributed by atoms with Gasteiger partial charge in [0.15, 0.2) is 11.5 Å². The maximum atomic E-state index is 11.3. The van der Waals surface area contributed by atoms with Crippen LogP contribution in [0.5, 0.6) is 11.5 Å². The Labute approximate surface area is 126 Å². The Hall–Kier alpha value is -3.03. The Morgan fingerprint density at radius 2 is 2.09 bits per heavy atom. The second kappa shape index (κ2) is 5.40. The second-order valence-corrected chi connectivity index (χ2v) is 4.60. The molecule has 8 heteroatoms. The van der Waals surface area contributed by atoms with Gasteiger partial charge in [0.05, 0.1) is 14.2 Å². The third-order valence-electron chi connectivity index (χ3n) is 3.39. The number of methoxy groups -OCH3 is 2. The zero-order chi connectivity index (χ0) is 15.7. The molecular formula is C14H14N4O4. The molecule has 0 spiro atoms. The third kappa shape index (κ3) is 2.24. The summed E-state index contributed by atoms with van der Waals surface area (Å²) in [7, 11) is 3.10. The molecule has 1 aliphatic rings. The summed E-state index contributed by atoms with van der Waals surface area (Å²) in [4.78, 5) is 15.3. The molecule has 1 aromatic heterocycles. The summed E-state index contributed by atoms with van der Waals surface area (Å²) in [5, 5.41) is 16.1. The molecule has 0 aliphatic carbocycles. The zero-order valence-electron chi connectivity index (χ0n) is 12.0. The maximum Gasteiger partial charge on any atom is 0.352 e. The SMILES string of the molecule is COc1ccc([C@H]2C=C(C(=O)O)Nc3ncnn32)cc1OC. The van der Waals surface area contributed by atoms with Crippen LogP contribution in [0, 0.1) is 0 Å². The predicted molar refractivity (Wildman–Crippen MR) is 77.0 cm³/mol. The lowest BCUT2D eigenvalue weighted by molar-refractivity contribution is -0.132. The number of carboxylic acid groups (broad SMARTS) is 1. The van der Waals surface area contributed by atoms with Gasteiger partial charge in [-0.05, 0) is 23.8 Å². The molecule has 0 bridgehead atoms. The van der Waals surface area contributed by atoms with E-state index in [0.717, 1.165) is 5.56 Å². The number of hydrogen-bond acceptors (Lipinski definition) is 6. The number of nitrogens with zero attached hydrogens (tertiary/aromatic N) is 3. The summed E-state index contributed by atoms with van der Waals surface area (Å²) in [6.45, 7) is 0. The van der Waals surface area contributed by atoms with Crippen LogP contribution in [0.3, 0.4) is 0 Å². The van der Waals surface area contributed by atoms with Gasteiger partial charge in [0.25, 0.3) is 0 Å². The van der Waals surface area contributed by atoms with Crippen LogP contribution in [0.25, 0.3) is 0 Å². The summed E-state index contributed by atoms with van der Waals surface area (Å²) >= 11 is 0. The van der Waals surface area contributed by atoms with Crippen molar-refractivity contribution in [3.63, 3.8) is 0 Å². The lowest BCUT2D eigenvalue weighted by atomic mass is 10.0. The average Bonchev–Trinajstić information content (AvgIpc) is 3.01. The maximum absolute atomic E-state index is 11.3. The standard InChI is InChI=1S/C14H14N4O4/c1-21-11-4-3-8(5-12(11)22-2)10-6-9(13(19)20)17-14-15-7-16-18(10)14/h3-7,10H,1-2H3,(H,19,20)(H,15,16,17)/t10-/m1/s1. The molecule has 1 aromatic carbocycles. The number of hydrogen-bond donors (Lipinski definition) is 2. The van der Waals surface area contributed by atoms with Crippen molar-refractivity contribution in [2.45, 2.75) is 6.04 Å². The average molecular weight is 302 g/mol. The highest BCUT2D eigenvalue weighted by Crippen LogP contribution is 2.34. The monoisotopic (exact) mass is 302 g/mol. The Bertz CT molecular complexity index is 753. The zero-order valence-corrected chi connectivity index (χ0v) is 12.0. The lowest BCUT2D eigenvalue weighted by Crippen LogP contribution is -2.24. The number of anilines is 1. The molecule has 0 unspecified atom stereocenters. The van der Waals surface area contributed by atoms with Crippen molar-refractivity contribution < 1.29 is 19.4 Å². The first-order valence-corrected chi connectivity index (χ1v) is 6.47. The van der Waals surface area contributed by atoms with Crippen LogP contribution >= 0.6 is 0 Å². The molecule has 114 valence electrons. The van der Waals surface area contributed by atoms with Gasteiger partial charge in [-0.1, -0.05) is 6.07 Å². The quantitative estimate of drug-likeness (QED) is 0.877. The van der Waals surface area contributed by atoms with Crippen LogP contribution in [0.2, 0.25) is 0 Å². The number of ether oxygens (including phenoxy) is 2. The van der Waals surface area contributed by atoms with Gasteiger partial charge in [0, 0.05) is 0 Å². The molecule has 0 saturated heterocycles. The number of aliphatic carboxylic acids is 1. The minimum atomic E-state index is -1.06. The smallest absolute Gasteiger partial charge is 0.352 e. The molecule has 3 rings (SSSR count). The Morgan fingerprint density at radius 1 is 1.32 bits per heavy atom. The summed E-state index contributed by atoms with van der Waals surface area (Å²) in [6, 6.07) is 4.99. The number of carboxylic acids is 1. The van der Waals surface area contributed by atoms with E-state index in [4.69, 9.17) is 9.47 Å². The van der Waals surface area contributed by atoms with Crippen LogP contribution in [0.15, 0.2) is 36.3 Å². The van der Waals surface area contributed by atoms with E-state index in [1.54, 1.807) is 37.1 Å². The van der Waals surface area contributed by atoms with E-state index in [-0.39, 0.29) is 5.70 Å². The molecule has 0 amide bonds. The van der Waals surface area contributed by atoms with Gasteiger partial charge in [0.1, 0.15) is 18.1 Å². The van der Waals surface area contributed by atoms with E-state index in [1.165, 1.54) is 6.33 Å². The first-order valence-electron chi connectivity index (χ1n) is 6.47. The summed E-state index contributed by atoms with van der Waals surface area (Å²) in [5.41, 5.74) is 0.866. The third-order valence-corrected chi connectivity index (χ3v) is 3.39. The van der Waals surface area contributed by atoms with Crippen molar-refractivity contribution in [2.75, 3.05) is 19.5 Å². The lowest BCUT2D eigenvalue weighted by Gasteiger charge is -2.23. The molecule has 0 saturated carbocycles. The van der Waals surface area contributed by atoms with Crippen LogP contribution in [0.1, 0.15) is 11.6 Å². The van der Waals surface area contributed by atoms with Crippen molar-refractivity contribution in [3.05, 3.63) is 41.9 Å². The van der Waals surface area contributed by atoms with Gasteiger partial charge < -0.3 is 19.9 Å². The van der Waals surface area contributed by atoms with E-state index < -0.39 is 12.0 Å². The number of aromatic nitrogens is 3. The highest BCUT2D eigenvalue weighted by Gasteiger charge is 2.26. The van der Waals surface area contributed by atoms with E-state index in [2.05, 4.69) is 15.4 Å². The number of rotatable bonds is 4. The normalized spacial score (nSPS) is 16.3. The fraction of sp³-hybridized carbons (Fsp3) is 0.214. The Morgan fingerprint density at radius 3 is 2.77 bits per heavy atom. The fourth-order valence-corrected chi connectivity index (χ4v) is 2.33. The minimum Gasteiger partial charge on any atom is -0.493 e. The van der Waals surface area contributed by atoms with Crippen LogP contribution in [0.4, 0.5) is 5.95 Å². The molecule has 1 aliphatic heterocycles. The highest BCUT2D eigenvalue weighted by molar-refractivity contribution is 5.90. The fourth-order valence-electron chi connectivity index (χ4n) is 2.33. The van der Waals surface area contributed by atoms with Gasteiger partial charge in [0.2, 0.25) is 5.95 Å². The largest absolute Gasteiger partial charge is 0.493 e. The number of carbonyl (C=O) groups is 1. The molecule has 22 heavy (non-hydrogen) atoms. The van der Waals surface area contributed by atoms with Gasteiger partial charge in [-0.15, -0.1) is 0 Å². The number of nitrogens with one attached hydrogen (secondary N) is 1. The van der Waals surface area contributed by atoms with E-state index >= 15 is 0 Å². The van der Waals surface area contributed by atoms with Crippen molar-refractivity contribution in [1.29, 1.82) is 0 Å². The molecule has 8 nitrogen and oxygen atoms in total. The summed E-state index contributed by atoms with van der Waals surface area (Å²) in [6.07, 6.45) is 2.94. The molecule has 2 N–H and O–H groups in total. The molecule has 0 radical (unpaired) electrons.